The predicted octanol–water partition coefficient (Wildman–Crippen LogP) is 1.31. The Morgan fingerprint density at radius 3 is 1.97 bits per heavy atom. The van der Waals surface area contributed by atoms with Crippen molar-refractivity contribution in [2.24, 2.45) is 0 Å². The molecule has 0 radical (unpaired) electrons. The Kier molecular flexibility index (Phi) is 5.75. The Balaban J connectivity index is 1.35. The molecule has 5 heteroatoms. The molecule has 0 amide bonds. The van der Waals surface area contributed by atoms with Crippen LogP contribution in [0.25, 0.3) is 10.9 Å². The predicted molar refractivity (Wildman–Crippen MR) is 126 cm³/mol. The molecule has 1 aromatic heterocycles. The number of hydrogen-bond acceptors (Lipinski definition) is 2. The summed E-state index contributed by atoms with van der Waals surface area (Å²) in [7, 11) is 0. The van der Waals surface area contributed by atoms with Crippen molar-refractivity contribution >= 4 is 10.9 Å². The van der Waals surface area contributed by atoms with E-state index in [1.807, 2.05) is 24.3 Å². The van der Waals surface area contributed by atoms with Gasteiger partial charge in [0.2, 0.25) is 0 Å². The molecule has 5 rings (SSSR count). The molecule has 4 N–H and O–H groups in total. The highest BCUT2D eigenvalue weighted by Crippen LogP contribution is 2.24. The molecule has 4 aromatic rings. The summed E-state index contributed by atoms with van der Waals surface area (Å²) in [6, 6.07) is 29.2. The number of nitrogens with one attached hydrogen (secondary N) is 3. The van der Waals surface area contributed by atoms with Gasteiger partial charge in [0.05, 0.1) is 5.52 Å². The lowest BCUT2D eigenvalue weighted by Crippen LogP contribution is -3.27. The van der Waals surface area contributed by atoms with Crippen LogP contribution in [0.3, 0.4) is 0 Å². The van der Waals surface area contributed by atoms with Gasteiger partial charge in [-0.15, -0.1) is 0 Å². The number of pyridine rings is 1. The lowest BCUT2D eigenvalue weighted by atomic mass is 9.96. The van der Waals surface area contributed by atoms with Crippen molar-refractivity contribution < 1.29 is 14.9 Å². The molecular formula is C27H29N3O2+2. The third kappa shape index (κ3) is 4.05. The number of quaternary nitrogens is 2. The Labute approximate surface area is 187 Å². The molecule has 32 heavy (non-hydrogen) atoms. The van der Waals surface area contributed by atoms with E-state index >= 15 is 0 Å². The first-order chi connectivity index (χ1) is 15.7. The van der Waals surface area contributed by atoms with Crippen molar-refractivity contribution in [2.45, 2.75) is 12.6 Å². The fraction of sp³-hybridized carbons (Fsp3) is 0.222. The Bertz CT molecular complexity index is 1210. The van der Waals surface area contributed by atoms with Gasteiger partial charge in [-0.3, -0.25) is 4.79 Å². The van der Waals surface area contributed by atoms with Crippen LogP contribution in [-0.2, 0) is 6.54 Å². The van der Waals surface area contributed by atoms with Crippen molar-refractivity contribution in [1.82, 2.24) is 4.98 Å². The Morgan fingerprint density at radius 2 is 1.34 bits per heavy atom. The van der Waals surface area contributed by atoms with Crippen LogP contribution in [0.2, 0.25) is 0 Å². The van der Waals surface area contributed by atoms with Crippen molar-refractivity contribution in [3.63, 3.8) is 0 Å². The zero-order chi connectivity index (χ0) is 21.9. The minimum absolute atomic E-state index is 0.123. The molecular weight excluding hydrogens is 398 g/mol. The number of H-pyrrole nitrogens is 1. The Hall–Kier alpha value is -3.41. The number of aromatic hydroxyl groups is 1. The summed E-state index contributed by atoms with van der Waals surface area (Å²) >= 11 is 0. The number of piperazine rings is 1. The molecule has 1 aliphatic rings. The molecule has 1 fully saturated rings. The molecule has 1 aliphatic heterocycles. The minimum Gasteiger partial charge on any atom is -0.507 e. The van der Waals surface area contributed by atoms with E-state index in [9.17, 15) is 9.90 Å². The van der Waals surface area contributed by atoms with Gasteiger partial charge in [-0.05, 0) is 12.1 Å². The highest BCUT2D eigenvalue weighted by atomic mass is 16.3. The van der Waals surface area contributed by atoms with Gasteiger partial charge in [0.1, 0.15) is 50.1 Å². The number of benzene rings is 3. The van der Waals surface area contributed by atoms with E-state index < -0.39 is 0 Å². The van der Waals surface area contributed by atoms with Crippen molar-refractivity contribution in [1.29, 1.82) is 0 Å². The van der Waals surface area contributed by atoms with Crippen LogP contribution >= 0.6 is 0 Å². The largest absolute Gasteiger partial charge is 0.507 e. The first kappa shape index (κ1) is 20.5. The summed E-state index contributed by atoms with van der Waals surface area (Å²) in [5, 5.41) is 11.5. The third-order valence-electron chi connectivity index (χ3n) is 6.69. The maximum absolute atomic E-state index is 12.6. The summed E-state index contributed by atoms with van der Waals surface area (Å²) in [6.45, 7) is 4.47. The standard InChI is InChI=1S/C27H27N3O2/c31-26-22-13-7-8-14-24(22)28-27(32)23(26)19-29-15-17-30(18-16-29)25(20-9-3-1-4-10-20)21-11-5-2-6-12-21/h1-14,25H,15-19H2,(H2,28,31,32)/p+2. The van der Waals surface area contributed by atoms with Gasteiger partial charge in [0.25, 0.3) is 5.56 Å². The molecule has 162 valence electrons. The topological polar surface area (TPSA) is 62.0 Å². The van der Waals surface area contributed by atoms with Gasteiger partial charge in [-0.1, -0.05) is 72.8 Å². The fourth-order valence-electron chi connectivity index (χ4n) is 5.03. The van der Waals surface area contributed by atoms with E-state index in [0.717, 1.165) is 26.2 Å². The van der Waals surface area contributed by atoms with Crippen LogP contribution in [0.4, 0.5) is 0 Å². The molecule has 0 spiro atoms. The van der Waals surface area contributed by atoms with E-state index in [0.29, 0.717) is 29.1 Å². The summed E-state index contributed by atoms with van der Waals surface area (Å²) in [4.78, 5) is 18.4. The SMILES string of the molecule is O=c1[nH]c2ccccc2c(O)c1C[NH+]1CC[NH+](C(c2ccccc2)c2ccccc2)CC1. The summed E-state index contributed by atoms with van der Waals surface area (Å²) in [5.41, 5.74) is 3.65. The van der Waals surface area contributed by atoms with Gasteiger partial charge < -0.3 is 19.9 Å². The minimum atomic E-state index is -0.185. The lowest BCUT2D eigenvalue weighted by molar-refractivity contribution is -1.03. The second-order valence-electron chi connectivity index (χ2n) is 8.67. The number of hydrogen-bond donors (Lipinski definition) is 4. The van der Waals surface area contributed by atoms with Crippen LogP contribution in [0.5, 0.6) is 5.75 Å². The Morgan fingerprint density at radius 1 is 0.781 bits per heavy atom. The van der Waals surface area contributed by atoms with Gasteiger partial charge in [0, 0.05) is 16.5 Å². The number of aromatic nitrogens is 1. The second-order valence-corrected chi connectivity index (χ2v) is 8.67. The highest BCUT2D eigenvalue weighted by Gasteiger charge is 2.32. The molecule has 3 aromatic carbocycles. The summed E-state index contributed by atoms with van der Waals surface area (Å²) in [5.74, 6) is 0.123. The summed E-state index contributed by atoms with van der Waals surface area (Å²) < 4.78 is 0. The van der Waals surface area contributed by atoms with Crippen LogP contribution in [-0.4, -0.2) is 36.3 Å². The normalized spacial score (nSPS) is 18.8. The number of fused-ring (bicyclic) bond motifs is 1. The van der Waals surface area contributed by atoms with E-state index in [2.05, 4.69) is 65.6 Å². The number of rotatable bonds is 5. The van der Waals surface area contributed by atoms with Crippen LogP contribution < -0.4 is 15.4 Å². The zero-order valence-corrected chi connectivity index (χ0v) is 18.1. The molecule has 1 saturated heterocycles. The molecule has 2 heterocycles. The second kappa shape index (κ2) is 8.99. The molecule has 5 nitrogen and oxygen atoms in total. The molecule has 0 aliphatic carbocycles. The van der Waals surface area contributed by atoms with Gasteiger partial charge in [-0.25, -0.2) is 0 Å². The van der Waals surface area contributed by atoms with Crippen molar-refractivity contribution in [2.75, 3.05) is 26.2 Å². The number of para-hydroxylation sites is 1. The van der Waals surface area contributed by atoms with E-state index in [-0.39, 0.29) is 11.3 Å². The van der Waals surface area contributed by atoms with Crippen LogP contribution in [0.15, 0.2) is 89.7 Å². The average molecular weight is 428 g/mol. The quantitative estimate of drug-likeness (QED) is 0.388. The first-order valence-corrected chi connectivity index (χ1v) is 11.3. The maximum Gasteiger partial charge on any atom is 0.261 e. The molecule has 0 saturated carbocycles. The highest BCUT2D eigenvalue weighted by molar-refractivity contribution is 5.85. The zero-order valence-electron chi connectivity index (χ0n) is 18.1. The molecule has 0 bridgehead atoms. The van der Waals surface area contributed by atoms with E-state index in [1.165, 1.54) is 16.0 Å². The molecule has 0 atom stereocenters. The van der Waals surface area contributed by atoms with Gasteiger partial charge in [-0.2, -0.15) is 0 Å². The fourth-order valence-corrected chi connectivity index (χ4v) is 5.03. The van der Waals surface area contributed by atoms with Crippen LogP contribution in [0.1, 0.15) is 22.7 Å². The smallest absolute Gasteiger partial charge is 0.261 e. The lowest BCUT2D eigenvalue weighted by Gasteiger charge is -2.35. The van der Waals surface area contributed by atoms with Crippen LogP contribution in [0, 0.1) is 0 Å². The number of aromatic amines is 1. The van der Waals surface area contributed by atoms with E-state index in [4.69, 9.17) is 0 Å². The van der Waals surface area contributed by atoms with Crippen molar-refractivity contribution in [3.8, 4) is 5.75 Å². The molecule has 0 unspecified atom stereocenters. The van der Waals surface area contributed by atoms with Gasteiger partial charge >= 0.3 is 0 Å². The van der Waals surface area contributed by atoms with E-state index in [1.54, 1.807) is 4.90 Å². The average Bonchev–Trinajstić information content (AvgIpc) is 2.84. The summed E-state index contributed by atoms with van der Waals surface area (Å²) in [6.07, 6.45) is 0. The maximum atomic E-state index is 12.6. The van der Waals surface area contributed by atoms with Gasteiger partial charge in [0.15, 0.2) is 0 Å². The third-order valence-corrected chi connectivity index (χ3v) is 6.69. The monoisotopic (exact) mass is 427 g/mol. The van der Waals surface area contributed by atoms with Crippen molar-refractivity contribution in [3.05, 3.63) is 112 Å². The first-order valence-electron chi connectivity index (χ1n) is 11.3.